The topological polar surface area (TPSA) is 26.8 Å². The van der Waals surface area contributed by atoms with Crippen molar-refractivity contribution >= 4 is 11.6 Å². The fourth-order valence-electron chi connectivity index (χ4n) is 8.49. The number of anilines is 1. The van der Waals surface area contributed by atoms with Gasteiger partial charge in [-0.15, -0.1) is 0 Å². The lowest BCUT2D eigenvalue weighted by Crippen LogP contribution is -2.59. The van der Waals surface area contributed by atoms with E-state index in [2.05, 4.69) is 89.2 Å². The average Bonchev–Trinajstić information content (AvgIpc) is 3.36. The average molecular weight is 486 g/mol. The van der Waals surface area contributed by atoms with Crippen molar-refractivity contribution < 1.29 is 4.79 Å². The van der Waals surface area contributed by atoms with Crippen LogP contribution in [0.25, 0.3) is 0 Å². The molecule has 3 atom stereocenters. The SMILES string of the molecule is CC(C)C1CCC(N2CCC3(CC2)C2C(=O)N(C)C(c4ccccc4)C2CN3c2ccccc2)CC1. The van der Waals surface area contributed by atoms with Crippen molar-refractivity contribution in [3.05, 3.63) is 66.2 Å². The largest absolute Gasteiger partial charge is 0.365 e. The molecule has 2 aromatic carbocycles. The molecule has 2 aromatic rings. The minimum Gasteiger partial charge on any atom is -0.365 e. The number of carbonyl (C=O) groups is 1. The molecular weight excluding hydrogens is 442 g/mol. The molecule has 4 heteroatoms. The molecule has 3 unspecified atom stereocenters. The molecule has 4 fully saturated rings. The zero-order valence-corrected chi connectivity index (χ0v) is 22.4. The van der Waals surface area contributed by atoms with E-state index in [1.165, 1.54) is 36.9 Å². The highest BCUT2D eigenvalue weighted by atomic mass is 16.2. The quantitative estimate of drug-likeness (QED) is 0.531. The summed E-state index contributed by atoms with van der Waals surface area (Å²) in [6, 6.07) is 22.6. The smallest absolute Gasteiger partial charge is 0.228 e. The van der Waals surface area contributed by atoms with E-state index in [-0.39, 0.29) is 17.5 Å². The van der Waals surface area contributed by atoms with E-state index in [4.69, 9.17) is 0 Å². The van der Waals surface area contributed by atoms with E-state index in [0.29, 0.717) is 11.8 Å². The summed E-state index contributed by atoms with van der Waals surface area (Å²) in [7, 11) is 2.04. The number of benzene rings is 2. The van der Waals surface area contributed by atoms with E-state index >= 15 is 0 Å². The molecule has 4 nitrogen and oxygen atoms in total. The molecule has 0 N–H and O–H groups in total. The molecule has 3 aliphatic heterocycles. The summed E-state index contributed by atoms with van der Waals surface area (Å²) in [5.74, 6) is 2.49. The van der Waals surface area contributed by atoms with Gasteiger partial charge in [0.05, 0.1) is 17.5 Å². The number of nitrogens with zero attached hydrogens (tertiary/aromatic N) is 3. The van der Waals surface area contributed by atoms with Gasteiger partial charge < -0.3 is 14.7 Å². The van der Waals surface area contributed by atoms with Gasteiger partial charge >= 0.3 is 0 Å². The minimum absolute atomic E-state index is 0.0757. The number of carbonyl (C=O) groups excluding carboxylic acids is 1. The predicted molar refractivity (Wildman–Crippen MR) is 147 cm³/mol. The van der Waals surface area contributed by atoms with Crippen LogP contribution in [-0.2, 0) is 4.79 Å². The molecule has 36 heavy (non-hydrogen) atoms. The van der Waals surface area contributed by atoms with E-state index in [9.17, 15) is 4.79 Å². The molecule has 3 saturated heterocycles. The van der Waals surface area contributed by atoms with Gasteiger partial charge in [-0.1, -0.05) is 62.4 Å². The van der Waals surface area contributed by atoms with Gasteiger partial charge in [-0.2, -0.15) is 0 Å². The third kappa shape index (κ3) is 3.88. The highest BCUT2D eigenvalue weighted by Gasteiger charge is 2.64. The molecule has 3 heterocycles. The summed E-state index contributed by atoms with van der Waals surface area (Å²) in [5.41, 5.74) is 2.50. The number of amides is 1. The van der Waals surface area contributed by atoms with Crippen molar-refractivity contribution in [2.45, 2.75) is 70.0 Å². The van der Waals surface area contributed by atoms with Crippen LogP contribution in [0.4, 0.5) is 5.69 Å². The van der Waals surface area contributed by atoms with Crippen molar-refractivity contribution in [1.82, 2.24) is 9.80 Å². The Labute approximate surface area is 217 Å². The molecule has 1 saturated carbocycles. The summed E-state index contributed by atoms with van der Waals surface area (Å²) < 4.78 is 0. The predicted octanol–water partition coefficient (Wildman–Crippen LogP) is 6.00. The zero-order valence-electron chi connectivity index (χ0n) is 22.4. The van der Waals surface area contributed by atoms with E-state index in [1.54, 1.807) is 0 Å². The molecule has 0 bridgehead atoms. The van der Waals surface area contributed by atoms with Crippen LogP contribution in [0.15, 0.2) is 60.7 Å². The number of likely N-dealkylation sites (tertiary alicyclic amines) is 2. The second-order valence-corrected chi connectivity index (χ2v) is 12.3. The first-order chi connectivity index (χ1) is 17.5. The van der Waals surface area contributed by atoms with Crippen LogP contribution in [0.5, 0.6) is 0 Å². The van der Waals surface area contributed by atoms with Gasteiger partial charge in [-0.3, -0.25) is 4.79 Å². The second kappa shape index (κ2) is 9.52. The van der Waals surface area contributed by atoms with Crippen LogP contribution < -0.4 is 4.90 Å². The number of para-hydroxylation sites is 1. The third-order valence-corrected chi connectivity index (χ3v) is 10.4. The van der Waals surface area contributed by atoms with Crippen LogP contribution in [0.2, 0.25) is 0 Å². The van der Waals surface area contributed by atoms with Crippen molar-refractivity contribution in [3.63, 3.8) is 0 Å². The first kappa shape index (κ1) is 24.0. The van der Waals surface area contributed by atoms with Crippen LogP contribution in [0, 0.1) is 23.7 Å². The molecule has 6 rings (SSSR count). The Bertz CT molecular complexity index is 1040. The maximum Gasteiger partial charge on any atom is 0.228 e. The summed E-state index contributed by atoms with van der Waals surface area (Å²) in [6.07, 6.45) is 7.65. The van der Waals surface area contributed by atoms with Crippen LogP contribution in [0.3, 0.4) is 0 Å². The standard InChI is InChI=1S/C32H43N3O/c1-23(2)24-14-16-26(17-15-24)34-20-18-32(19-21-34)29-28(22-35(32)27-12-8-5-9-13-27)30(33(3)31(29)36)25-10-6-4-7-11-25/h4-13,23-24,26,28-30H,14-22H2,1-3H3. The Morgan fingerprint density at radius 2 is 1.47 bits per heavy atom. The van der Waals surface area contributed by atoms with Crippen molar-refractivity contribution in [3.8, 4) is 0 Å². The number of piperidine rings is 1. The first-order valence-corrected chi connectivity index (χ1v) is 14.4. The monoisotopic (exact) mass is 485 g/mol. The van der Waals surface area contributed by atoms with Gasteiger partial charge in [0.25, 0.3) is 0 Å². The Balaban J connectivity index is 1.28. The highest BCUT2D eigenvalue weighted by molar-refractivity contribution is 5.86. The Hall–Kier alpha value is -2.33. The maximum absolute atomic E-state index is 14.0. The van der Waals surface area contributed by atoms with Gasteiger partial charge in [0.15, 0.2) is 0 Å². The fourth-order valence-corrected chi connectivity index (χ4v) is 8.49. The third-order valence-electron chi connectivity index (χ3n) is 10.4. The lowest BCUT2D eigenvalue weighted by Gasteiger charge is -2.50. The lowest BCUT2D eigenvalue weighted by atomic mass is 9.72. The Morgan fingerprint density at radius 1 is 0.861 bits per heavy atom. The van der Waals surface area contributed by atoms with Crippen LogP contribution in [0.1, 0.15) is 64.0 Å². The van der Waals surface area contributed by atoms with Gasteiger partial charge in [0.1, 0.15) is 0 Å². The van der Waals surface area contributed by atoms with E-state index in [1.807, 2.05) is 7.05 Å². The molecule has 0 aromatic heterocycles. The molecule has 1 amide bonds. The highest BCUT2D eigenvalue weighted by Crippen LogP contribution is 2.56. The molecule has 0 radical (unpaired) electrons. The number of hydrogen-bond donors (Lipinski definition) is 0. The zero-order chi connectivity index (χ0) is 24.9. The van der Waals surface area contributed by atoms with Gasteiger partial charge in [0, 0.05) is 44.3 Å². The fraction of sp³-hybridized carbons (Fsp3) is 0.594. The molecular formula is C32H43N3O. The lowest BCUT2D eigenvalue weighted by molar-refractivity contribution is -0.133. The van der Waals surface area contributed by atoms with Gasteiger partial charge in [-0.05, 0) is 68.1 Å². The molecule has 4 aliphatic rings. The number of fused-ring (bicyclic) bond motifs is 2. The summed E-state index contributed by atoms with van der Waals surface area (Å²) in [6.45, 7) is 7.99. The van der Waals surface area contributed by atoms with Crippen molar-refractivity contribution in [2.24, 2.45) is 23.7 Å². The van der Waals surface area contributed by atoms with Crippen molar-refractivity contribution in [2.75, 3.05) is 31.6 Å². The van der Waals surface area contributed by atoms with Gasteiger partial charge in [0.2, 0.25) is 5.91 Å². The summed E-state index contributed by atoms with van der Waals surface area (Å²) in [5, 5.41) is 0. The summed E-state index contributed by atoms with van der Waals surface area (Å²) >= 11 is 0. The molecule has 1 aliphatic carbocycles. The van der Waals surface area contributed by atoms with Crippen LogP contribution in [-0.4, -0.2) is 54.0 Å². The minimum atomic E-state index is -0.0769. The Kier molecular flexibility index (Phi) is 6.35. The Morgan fingerprint density at radius 3 is 2.08 bits per heavy atom. The first-order valence-electron chi connectivity index (χ1n) is 14.4. The van der Waals surface area contributed by atoms with E-state index < -0.39 is 0 Å². The number of rotatable bonds is 4. The molecule has 192 valence electrons. The molecule has 1 spiro atoms. The summed E-state index contributed by atoms with van der Waals surface area (Å²) in [4.78, 5) is 21.5. The second-order valence-electron chi connectivity index (χ2n) is 12.3. The van der Waals surface area contributed by atoms with Crippen molar-refractivity contribution in [1.29, 1.82) is 0 Å². The van der Waals surface area contributed by atoms with E-state index in [0.717, 1.165) is 50.4 Å². The van der Waals surface area contributed by atoms with Crippen LogP contribution >= 0.6 is 0 Å². The maximum atomic E-state index is 14.0. The normalized spacial score (nSPS) is 32.4. The number of hydrogen-bond acceptors (Lipinski definition) is 3. The van der Waals surface area contributed by atoms with Gasteiger partial charge in [-0.25, -0.2) is 0 Å².